The van der Waals surface area contributed by atoms with E-state index in [4.69, 9.17) is 0 Å². The molecule has 1 aromatic rings. The third-order valence-corrected chi connectivity index (χ3v) is 4.62. The topological polar surface area (TPSA) is 85.7 Å². The van der Waals surface area contributed by atoms with Crippen LogP contribution in [0.1, 0.15) is 38.7 Å². The van der Waals surface area contributed by atoms with Gasteiger partial charge in [-0.15, -0.1) is 0 Å². The molecule has 1 fully saturated rings. The zero-order valence-electron chi connectivity index (χ0n) is 15.1. The van der Waals surface area contributed by atoms with Crippen molar-refractivity contribution in [2.24, 2.45) is 5.92 Å². The number of carboxylic acids is 1. The highest BCUT2D eigenvalue weighted by molar-refractivity contribution is 5.81. The molecule has 0 aromatic heterocycles. The maximum absolute atomic E-state index is 12.1. The first-order valence-electron chi connectivity index (χ1n) is 9.09. The van der Waals surface area contributed by atoms with E-state index in [0.717, 1.165) is 32.5 Å². The summed E-state index contributed by atoms with van der Waals surface area (Å²) in [6.07, 6.45) is 2.17. The van der Waals surface area contributed by atoms with Gasteiger partial charge in [0.25, 0.3) is 0 Å². The third-order valence-electron chi connectivity index (χ3n) is 4.62. The molecule has 0 bridgehead atoms. The summed E-state index contributed by atoms with van der Waals surface area (Å²) in [5, 5.41) is 16.6. The zero-order valence-corrected chi connectivity index (χ0v) is 15.1. The van der Waals surface area contributed by atoms with E-state index >= 15 is 0 Å². The van der Waals surface area contributed by atoms with Crippen molar-refractivity contribution in [3.05, 3.63) is 35.9 Å². The predicted molar refractivity (Wildman–Crippen MR) is 93.8 cm³/mol. The molecule has 0 saturated carbocycles. The molecule has 2 amide bonds. The Morgan fingerprint density at radius 2 is 1.84 bits per heavy atom. The number of rotatable bonds is 7. The molecule has 1 aliphatic heterocycles. The number of carboxylic acid groups (broad SMARTS) is 1. The lowest BCUT2D eigenvalue weighted by Crippen LogP contribution is -3.12. The van der Waals surface area contributed by atoms with Gasteiger partial charge in [0.2, 0.25) is 0 Å². The Kier molecular flexibility index (Phi) is 7.25. The number of amides is 2. The standard InChI is InChI=1S/C19H29N3O3/c1-14(2)12-17(18(23)24)21-19(25)20-16-8-10-22(11-9-16)13-15-6-4-3-5-7-15/h3-7,14,16-17H,8-13H2,1-2H3,(H,23,24)(H2,20,21,25)/t17-/m0/s1. The Balaban J connectivity index is 1.73. The minimum absolute atomic E-state index is 0.0981. The van der Waals surface area contributed by atoms with Crippen LogP contribution >= 0.6 is 0 Å². The predicted octanol–water partition coefficient (Wildman–Crippen LogP) is -0.302. The number of aliphatic carboxylic acids is 1. The lowest BCUT2D eigenvalue weighted by molar-refractivity contribution is -0.918. The number of urea groups is 1. The Bertz CT molecular complexity index is 554. The summed E-state index contributed by atoms with van der Waals surface area (Å²) in [4.78, 5) is 24.7. The van der Waals surface area contributed by atoms with E-state index in [2.05, 4.69) is 34.9 Å². The van der Waals surface area contributed by atoms with Crippen LogP contribution in [0.4, 0.5) is 4.79 Å². The third kappa shape index (κ3) is 6.74. The van der Waals surface area contributed by atoms with E-state index in [1.54, 1.807) is 0 Å². The van der Waals surface area contributed by atoms with Gasteiger partial charge in [-0.25, -0.2) is 4.79 Å². The Morgan fingerprint density at radius 3 is 2.40 bits per heavy atom. The van der Waals surface area contributed by atoms with Crippen molar-refractivity contribution in [3.8, 4) is 0 Å². The number of hydrogen-bond donors (Lipinski definition) is 3. The molecule has 0 radical (unpaired) electrons. The van der Waals surface area contributed by atoms with Gasteiger partial charge < -0.3 is 25.4 Å². The van der Waals surface area contributed by atoms with Gasteiger partial charge in [0.1, 0.15) is 6.54 Å². The van der Waals surface area contributed by atoms with E-state index in [0.29, 0.717) is 6.42 Å². The van der Waals surface area contributed by atoms with Gasteiger partial charge in [-0.1, -0.05) is 44.2 Å². The van der Waals surface area contributed by atoms with Crippen LogP contribution in [0.3, 0.4) is 0 Å². The number of hydrogen-bond acceptors (Lipinski definition) is 3. The molecule has 6 nitrogen and oxygen atoms in total. The summed E-state index contributed by atoms with van der Waals surface area (Å²) >= 11 is 0. The minimum Gasteiger partial charge on any atom is -0.548 e. The smallest absolute Gasteiger partial charge is 0.315 e. The highest BCUT2D eigenvalue weighted by Gasteiger charge is 2.24. The number of nitrogens with one attached hydrogen (secondary N) is 3. The Morgan fingerprint density at radius 1 is 1.20 bits per heavy atom. The maximum Gasteiger partial charge on any atom is 0.315 e. The Labute approximate surface area is 149 Å². The van der Waals surface area contributed by atoms with E-state index in [9.17, 15) is 14.7 Å². The number of quaternary nitrogens is 1. The van der Waals surface area contributed by atoms with Gasteiger partial charge in [-0.05, 0) is 12.3 Å². The highest BCUT2D eigenvalue weighted by atomic mass is 16.4. The van der Waals surface area contributed by atoms with Crippen LogP contribution < -0.4 is 20.6 Å². The number of carbonyl (C=O) groups excluding carboxylic acids is 2. The second-order valence-corrected chi connectivity index (χ2v) is 7.31. The molecule has 1 aromatic carbocycles. The van der Waals surface area contributed by atoms with Crippen LogP contribution in [0.25, 0.3) is 0 Å². The first kappa shape index (κ1) is 19.2. The number of benzene rings is 1. The number of piperidine rings is 1. The fraction of sp³-hybridized carbons (Fsp3) is 0.579. The van der Waals surface area contributed by atoms with Crippen LogP contribution in [0.5, 0.6) is 0 Å². The van der Waals surface area contributed by atoms with E-state index < -0.39 is 18.0 Å². The molecule has 6 heteroatoms. The Hall–Kier alpha value is -2.08. The van der Waals surface area contributed by atoms with Crippen LogP contribution in [0.2, 0.25) is 0 Å². The van der Waals surface area contributed by atoms with Crippen molar-refractivity contribution in [1.29, 1.82) is 0 Å². The lowest BCUT2D eigenvalue weighted by Gasteiger charge is -2.30. The van der Waals surface area contributed by atoms with Crippen molar-refractivity contribution >= 4 is 12.0 Å². The van der Waals surface area contributed by atoms with Gasteiger partial charge in [0.05, 0.1) is 25.1 Å². The van der Waals surface area contributed by atoms with Crippen molar-refractivity contribution in [3.63, 3.8) is 0 Å². The van der Waals surface area contributed by atoms with Gasteiger partial charge in [0.15, 0.2) is 0 Å². The number of likely N-dealkylation sites (tertiary alicyclic amines) is 1. The van der Waals surface area contributed by atoms with Gasteiger partial charge in [0, 0.05) is 24.4 Å². The van der Waals surface area contributed by atoms with Gasteiger partial charge >= 0.3 is 6.03 Å². The lowest BCUT2D eigenvalue weighted by atomic mass is 10.0. The molecule has 1 saturated heterocycles. The normalized spacial score (nSPS) is 21.6. The van der Waals surface area contributed by atoms with E-state index in [1.165, 1.54) is 10.5 Å². The number of carbonyl (C=O) groups is 2. The molecule has 25 heavy (non-hydrogen) atoms. The van der Waals surface area contributed by atoms with Crippen molar-refractivity contribution < 1.29 is 19.6 Å². The second-order valence-electron chi connectivity index (χ2n) is 7.31. The van der Waals surface area contributed by atoms with Gasteiger partial charge in [-0.2, -0.15) is 0 Å². The summed E-state index contributed by atoms with van der Waals surface area (Å²) in [5.74, 6) is -1.06. The molecule has 0 unspecified atom stereocenters. The van der Waals surface area contributed by atoms with Crippen molar-refractivity contribution in [2.45, 2.75) is 51.7 Å². The monoisotopic (exact) mass is 347 g/mol. The fourth-order valence-corrected chi connectivity index (χ4v) is 3.30. The van der Waals surface area contributed by atoms with Crippen LogP contribution in [-0.4, -0.2) is 37.2 Å². The van der Waals surface area contributed by atoms with Crippen molar-refractivity contribution in [2.75, 3.05) is 13.1 Å². The van der Waals surface area contributed by atoms with Crippen LogP contribution in [0, 0.1) is 5.92 Å². The highest BCUT2D eigenvalue weighted by Crippen LogP contribution is 2.05. The maximum atomic E-state index is 12.1. The summed E-state index contributed by atoms with van der Waals surface area (Å²) < 4.78 is 0. The molecule has 2 rings (SSSR count). The summed E-state index contributed by atoms with van der Waals surface area (Å²) in [6, 6.07) is 9.15. The summed E-state index contributed by atoms with van der Waals surface area (Å²) in [6.45, 7) is 6.83. The fourth-order valence-electron chi connectivity index (χ4n) is 3.30. The molecule has 3 N–H and O–H groups in total. The largest absolute Gasteiger partial charge is 0.548 e. The molecule has 0 spiro atoms. The molecule has 0 aliphatic carbocycles. The summed E-state index contributed by atoms with van der Waals surface area (Å²) in [5.41, 5.74) is 1.33. The first-order valence-corrected chi connectivity index (χ1v) is 9.09. The van der Waals surface area contributed by atoms with Crippen LogP contribution in [-0.2, 0) is 11.3 Å². The quantitative estimate of drug-likeness (QED) is 0.633. The molecular formula is C19H29N3O3. The zero-order chi connectivity index (χ0) is 18.2. The SMILES string of the molecule is CC(C)C[C@H](NC(=O)NC1CC[NH+](Cc2ccccc2)CC1)C(=O)[O-]. The molecule has 1 heterocycles. The molecule has 138 valence electrons. The van der Waals surface area contributed by atoms with E-state index in [-0.39, 0.29) is 12.0 Å². The average Bonchev–Trinajstić information content (AvgIpc) is 2.56. The van der Waals surface area contributed by atoms with Gasteiger partial charge in [-0.3, -0.25) is 0 Å². The van der Waals surface area contributed by atoms with Crippen molar-refractivity contribution in [1.82, 2.24) is 10.6 Å². The average molecular weight is 347 g/mol. The molecule has 1 aliphatic rings. The van der Waals surface area contributed by atoms with Crippen LogP contribution in [0.15, 0.2) is 30.3 Å². The molecule has 1 atom stereocenters. The summed E-state index contributed by atoms with van der Waals surface area (Å²) in [7, 11) is 0. The molecular weight excluding hydrogens is 318 g/mol. The second kappa shape index (κ2) is 9.42. The first-order chi connectivity index (χ1) is 11.9. The van der Waals surface area contributed by atoms with E-state index in [1.807, 2.05) is 19.9 Å². The minimum atomic E-state index is -1.23.